The van der Waals surface area contributed by atoms with Gasteiger partial charge in [0.25, 0.3) is 0 Å². The Kier molecular flexibility index (Phi) is 4.47. The summed E-state index contributed by atoms with van der Waals surface area (Å²) in [5.41, 5.74) is -0.397. The maximum absolute atomic E-state index is 13.5. The van der Waals surface area contributed by atoms with E-state index in [9.17, 15) is 14.4 Å². The van der Waals surface area contributed by atoms with E-state index in [1.54, 1.807) is 42.5 Å². The highest BCUT2D eigenvalue weighted by atomic mass is 35.5. The fourth-order valence-corrected chi connectivity index (χ4v) is 5.33. The second-order valence-electron chi connectivity index (χ2n) is 8.98. The second kappa shape index (κ2) is 6.53. The Balaban J connectivity index is 1.70. The van der Waals surface area contributed by atoms with Crippen molar-refractivity contribution in [2.45, 2.75) is 40.0 Å². The van der Waals surface area contributed by atoms with Gasteiger partial charge in [-0.15, -0.1) is 0 Å². The van der Waals surface area contributed by atoms with Gasteiger partial charge in [0.2, 0.25) is 5.91 Å². The quantitative estimate of drug-likeness (QED) is 0.697. The van der Waals surface area contributed by atoms with Crippen LogP contribution in [0.2, 0.25) is 5.02 Å². The summed E-state index contributed by atoms with van der Waals surface area (Å²) in [6.45, 7) is 6.01. The minimum absolute atomic E-state index is 0.153. The number of carbonyl (C=O) groups excluding carboxylic acids is 3. The molecule has 2 bridgehead atoms. The number of Topliss-reactive ketones (excluding diaryl/α,β-unsaturated/α-hetero) is 1. The van der Waals surface area contributed by atoms with Crippen LogP contribution in [0.25, 0.3) is 0 Å². The first-order chi connectivity index (χ1) is 13.6. The summed E-state index contributed by atoms with van der Waals surface area (Å²) in [5, 5.41) is 3.39. The molecule has 0 unspecified atom stereocenters. The van der Waals surface area contributed by atoms with Crippen molar-refractivity contribution in [1.29, 1.82) is 0 Å². The van der Waals surface area contributed by atoms with Crippen LogP contribution < -0.4 is 5.32 Å². The molecule has 4 rings (SSSR count). The fourth-order valence-electron chi connectivity index (χ4n) is 5.16. The Morgan fingerprint density at radius 1 is 1.00 bits per heavy atom. The molecule has 0 spiro atoms. The minimum atomic E-state index is -0.758. The molecule has 150 valence electrons. The van der Waals surface area contributed by atoms with Crippen LogP contribution in [0, 0.1) is 16.2 Å². The monoisotopic (exact) mass is 409 g/mol. The number of ketones is 2. The number of halogens is 1. The molecular weight excluding hydrogens is 386 g/mol. The lowest BCUT2D eigenvalue weighted by Gasteiger charge is -2.38. The van der Waals surface area contributed by atoms with Gasteiger partial charge < -0.3 is 5.32 Å². The third-order valence-electron chi connectivity index (χ3n) is 7.65. The van der Waals surface area contributed by atoms with Crippen LogP contribution in [0.5, 0.6) is 0 Å². The average Bonchev–Trinajstić information content (AvgIpc) is 3.00. The van der Waals surface area contributed by atoms with E-state index in [0.717, 1.165) is 0 Å². The van der Waals surface area contributed by atoms with Crippen LogP contribution in [0.4, 0.5) is 5.69 Å². The number of benzene rings is 2. The Labute approximate surface area is 175 Å². The molecule has 29 heavy (non-hydrogen) atoms. The molecule has 2 saturated carbocycles. The summed E-state index contributed by atoms with van der Waals surface area (Å²) < 4.78 is 0. The van der Waals surface area contributed by atoms with Crippen LogP contribution >= 0.6 is 11.6 Å². The summed E-state index contributed by atoms with van der Waals surface area (Å²) in [6, 6.07) is 13.8. The lowest BCUT2D eigenvalue weighted by molar-refractivity contribution is -0.131. The van der Waals surface area contributed by atoms with Crippen molar-refractivity contribution < 1.29 is 14.4 Å². The zero-order valence-electron chi connectivity index (χ0n) is 16.8. The number of anilines is 1. The predicted molar refractivity (Wildman–Crippen MR) is 113 cm³/mol. The average molecular weight is 410 g/mol. The van der Waals surface area contributed by atoms with E-state index in [-0.39, 0.29) is 23.9 Å². The van der Waals surface area contributed by atoms with Crippen LogP contribution in [-0.2, 0) is 9.59 Å². The molecule has 2 aromatic rings. The number of nitrogens with one attached hydrogen (secondary N) is 1. The molecule has 4 nitrogen and oxygen atoms in total. The van der Waals surface area contributed by atoms with Crippen LogP contribution in [0.15, 0.2) is 48.5 Å². The van der Waals surface area contributed by atoms with E-state index in [1.165, 1.54) is 0 Å². The van der Waals surface area contributed by atoms with Crippen molar-refractivity contribution in [3.63, 3.8) is 0 Å². The number of carbonyl (C=O) groups is 3. The number of amides is 1. The van der Waals surface area contributed by atoms with Gasteiger partial charge in [-0.25, -0.2) is 0 Å². The van der Waals surface area contributed by atoms with Gasteiger partial charge in [-0.2, -0.15) is 0 Å². The predicted octanol–water partition coefficient (Wildman–Crippen LogP) is 5.30. The van der Waals surface area contributed by atoms with E-state index in [2.05, 4.69) is 5.32 Å². The molecule has 1 amide bonds. The lowest BCUT2D eigenvalue weighted by atomic mass is 9.64. The largest absolute Gasteiger partial charge is 0.325 e. The molecule has 0 aliphatic heterocycles. The number of fused-ring (bicyclic) bond motifs is 2. The van der Waals surface area contributed by atoms with Crippen molar-refractivity contribution in [2.75, 3.05) is 5.32 Å². The maximum Gasteiger partial charge on any atom is 0.231 e. The molecule has 2 aliphatic carbocycles. The molecule has 2 fully saturated rings. The Hall–Kier alpha value is -2.46. The summed E-state index contributed by atoms with van der Waals surface area (Å²) in [5.74, 6) is -0.249. The van der Waals surface area contributed by atoms with Crippen molar-refractivity contribution in [2.24, 2.45) is 16.2 Å². The smallest absolute Gasteiger partial charge is 0.231 e. The minimum Gasteiger partial charge on any atom is -0.325 e. The molecule has 1 N–H and O–H groups in total. The highest BCUT2D eigenvalue weighted by Gasteiger charge is 2.72. The molecule has 0 saturated heterocycles. The fraction of sp³-hybridized carbons (Fsp3) is 0.375. The van der Waals surface area contributed by atoms with E-state index < -0.39 is 16.2 Å². The van der Waals surface area contributed by atoms with Gasteiger partial charge in [0.05, 0.1) is 11.1 Å². The molecule has 5 heteroatoms. The SMILES string of the molecule is CC1(C)[C@]2(C(=O)Nc3ccc(Cl)cc3C(=O)c3ccccc3)CC[C@]1(C)C(=O)C2. The van der Waals surface area contributed by atoms with Gasteiger partial charge in [0.1, 0.15) is 5.78 Å². The molecule has 0 radical (unpaired) electrons. The van der Waals surface area contributed by atoms with Crippen molar-refractivity contribution in [3.05, 3.63) is 64.7 Å². The number of hydrogen-bond donors (Lipinski definition) is 1. The van der Waals surface area contributed by atoms with E-state index in [1.807, 2.05) is 26.8 Å². The number of hydrogen-bond acceptors (Lipinski definition) is 3. The topological polar surface area (TPSA) is 63.2 Å². The van der Waals surface area contributed by atoms with Crippen LogP contribution in [0.3, 0.4) is 0 Å². The summed E-state index contributed by atoms with van der Waals surface area (Å²) in [7, 11) is 0. The standard InChI is InChI=1S/C24H24ClNO3/c1-22(2)23(3)11-12-24(22,14-19(23)27)21(29)26-18-10-9-16(25)13-17(18)20(28)15-7-5-4-6-8-15/h4-10,13H,11-12,14H2,1-3H3,(H,26,29)/t23-,24-/m1/s1. The second-order valence-corrected chi connectivity index (χ2v) is 9.41. The molecule has 2 aliphatic rings. The van der Waals surface area contributed by atoms with E-state index >= 15 is 0 Å². The Morgan fingerprint density at radius 2 is 1.69 bits per heavy atom. The first-order valence-corrected chi connectivity index (χ1v) is 10.2. The van der Waals surface area contributed by atoms with Gasteiger partial charge in [-0.05, 0) is 36.5 Å². The third-order valence-corrected chi connectivity index (χ3v) is 7.89. The van der Waals surface area contributed by atoms with Gasteiger partial charge >= 0.3 is 0 Å². The highest BCUT2D eigenvalue weighted by molar-refractivity contribution is 6.31. The molecular formula is C24H24ClNO3. The van der Waals surface area contributed by atoms with Crippen molar-refractivity contribution in [1.82, 2.24) is 0 Å². The third kappa shape index (κ3) is 2.69. The lowest BCUT2D eigenvalue weighted by Crippen LogP contribution is -2.43. The first-order valence-electron chi connectivity index (χ1n) is 9.86. The zero-order chi connectivity index (χ0) is 21.0. The van der Waals surface area contributed by atoms with E-state index in [4.69, 9.17) is 11.6 Å². The Bertz CT molecular complexity index is 1030. The summed E-state index contributed by atoms with van der Waals surface area (Å²) >= 11 is 6.15. The Morgan fingerprint density at radius 3 is 2.28 bits per heavy atom. The molecule has 0 aromatic heterocycles. The van der Waals surface area contributed by atoms with Gasteiger partial charge in [-0.3, -0.25) is 14.4 Å². The summed E-state index contributed by atoms with van der Waals surface area (Å²) in [6.07, 6.45) is 1.63. The van der Waals surface area contributed by atoms with Gasteiger partial charge in [0, 0.05) is 28.0 Å². The van der Waals surface area contributed by atoms with Crippen molar-refractivity contribution in [3.8, 4) is 0 Å². The van der Waals surface area contributed by atoms with Crippen LogP contribution in [-0.4, -0.2) is 17.5 Å². The van der Waals surface area contributed by atoms with Gasteiger partial charge in [-0.1, -0.05) is 62.7 Å². The van der Waals surface area contributed by atoms with Gasteiger partial charge in [0.15, 0.2) is 5.78 Å². The molecule has 0 heterocycles. The molecule has 2 aromatic carbocycles. The normalized spacial score (nSPS) is 27.1. The first kappa shape index (κ1) is 19.8. The zero-order valence-corrected chi connectivity index (χ0v) is 17.6. The van der Waals surface area contributed by atoms with Crippen molar-refractivity contribution >= 4 is 34.8 Å². The number of rotatable bonds is 4. The summed E-state index contributed by atoms with van der Waals surface area (Å²) in [4.78, 5) is 39.2. The maximum atomic E-state index is 13.5. The van der Waals surface area contributed by atoms with E-state index in [0.29, 0.717) is 34.7 Å². The van der Waals surface area contributed by atoms with Crippen LogP contribution in [0.1, 0.15) is 56.0 Å². The highest BCUT2D eigenvalue weighted by Crippen LogP contribution is 2.70. The molecule has 2 atom stereocenters.